The van der Waals surface area contributed by atoms with Gasteiger partial charge in [-0.3, -0.25) is 9.59 Å². The highest BCUT2D eigenvalue weighted by molar-refractivity contribution is 5.81. The molecule has 2 aromatic carbocycles. The van der Waals surface area contributed by atoms with Crippen LogP contribution < -0.4 is 16.2 Å². The SMILES string of the molecule is CC[C@@H](C)Nc1c(-c2ccccc2)c(=O)c1=O. The summed E-state index contributed by atoms with van der Waals surface area (Å²) in [5.74, 6) is 0. The number of anilines is 1. The van der Waals surface area contributed by atoms with E-state index in [0.29, 0.717) is 11.3 Å². The van der Waals surface area contributed by atoms with Crippen LogP contribution in [0.3, 0.4) is 0 Å². The molecule has 0 amide bonds. The van der Waals surface area contributed by atoms with Crippen LogP contribution in [0.15, 0.2) is 39.9 Å². The van der Waals surface area contributed by atoms with Crippen LogP contribution in [-0.2, 0) is 0 Å². The number of hydrogen-bond acceptors (Lipinski definition) is 3. The standard InChI is InChI=1S/C14H15NO2/c1-3-9(2)15-12-11(13(16)14(12)17)10-7-5-4-6-8-10/h4-9,15H,3H2,1-2H3/t9-/m1/s1. The monoisotopic (exact) mass is 229 g/mol. The van der Waals surface area contributed by atoms with Crippen molar-refractivity contribution in [2.24, 2.45) is 0 Å². The summed E-state index contributed by atoms with van der Waals surface area (Å²) in [6.07, 6.45) is 0.910. The predicted molar refractivity (Wildman–Crippen MR) is 70.2 cm³/mol. The zero-order chi connectivity index (χ0) is 12.4. The minimum absolute atomic E-state index is 0.195. The van der Waals surface area contributed by atoms with Crippen LogP contribution >= 0.6 is 0 Å². The van der Waals surface area contributed by atoms with Gasteiger partial charge in [-0.15, -0.1) is 0 Å². The van der Waals surface area contributed by atoms with E-state index in [1.54, 1.807) is 0 Å². The number of benzene rings is 1. The van der Waals surface area contributed by atoms with E-state index in [1.165, 1.54) is 0 Å². The van der Waals surface area contributed by atoms with Crippen LogP contribution in [0.1, 0.15) is 20.3 Å². The van der Waals surface area contributed by atoms with Crippen molar-refractivity contribution in [3.8, 4) is 11.1 Å². The van der Waals surface area contributed by atoms with Crippen molar-refractivity contribution in [1.82, 2.24) is 0 Å². The van der Waals surface area contributed by atoms with E-state index >= 15 is 0 Å². The van der Waals surface area contributed by atoms with E-state index in [2.05, 4.69) is 5.32 Å². The van der Waals surface area contributed by atoms with Crippen LogP contribution in [-0.4, -0.2) is 6.04 Å². The summed E-state index contributed by atoms with van der Waals surface area (Å²) in [6.45, 7) is 4.02. The molecule has 0 aliphatic heterocycles. The lowest BCUT2D eigenvalue weighted by molar-refractivity contribution is 0.762. The Morgan fingerprint density at radius 1 is 1.12 bits per heavy atom. The summed E-state index contributed by atoms with van der Waals surface area (Å²) in [4.78, 5) is 23.1. The first-order chi connectivity index (χ1) is 8.15. The van der Waals surface area contributed by atoms with Gasteiger partial charge in [-0.1, -0.05) is 37.3 Å². The third kappa shape index (κ3) is 2.00. The molecular formula is C14H15NO2. The Hall–Kier alpha value is -1.90. The van der Waals surface area contributed by atoms with Crippen molar-refractivity contribution in [2.75, 3.05) is 5.32 Å². The van der Waals surface area contributed by atoms with Gasteiger partial charge >= 0.3 is 0 Å². The Bertz CT molecular complexity index is 580. The number of hydrogen-bond donors (Lipinski definition) is 1. The number of rotatable bonds is 4. The summed E-state index contributed by atoms with van der Waals surface area (Å²) < 4.78 is 0. The molecule has 0 aromatic heterocycles. The first kappa shape index (κ1) is 11.6. The average molecular weight is 229 g/mol. The van der Waals surface area contributed by atoms with Gasteiger partial charge in [0.15, 0.2) is 0 Å². The molecule has 0 bridgehead atoms. The van der Waals surface area contributed by atoms with Gasteiger partial charge in [0.1, 0.15) is 0 Å². The molecular weight excluding hydrogens is 214 g/mol. The Kier molecular flexibility index (Phi) is 3.09. The predicted octanol–water partition coefficient (Wildman–Crippen LogP) is 2.16. The van der Waals surface area contributed by atoms with Gasteiger partial charge in [-0.05, 0) is 18.9 Å². The third-order valence-corrected chi connectivity index (χ3v) is 2.98. The largest absolute Gasteiger partial charge is 0.379 e. The van der Waals surface area contributed by atoms with Gasteiger partial charge in [0.2, 0.25) is 10.9 Å². The van der Waals surface area contributed by atoms with Gasteiger partial charge in [0.25, 0.3) is 0 Å². The molecule has 0 spiro atoms. The molecule has 0 saturated heterocycles. The van der Waals surface area contributed by atoms with Crippen molar-refractivity contribution < 1.29 is 0 Å². The second-order valence-electron chi connectivity index (χ2n) is 4.23. The maximum Gasteiger partial charge on any atom is 0.250 e. The van der Waals surface area contributed by atoms with Crippen molar-refractivity contribution in [2.45, 2.75) is 26.3 Å². The van der Waals surface area contributed by atoms with Crippen molar-refractivity contribution in [3.05, 3.63) is 50.8 Å². The van der Waals surface area contributed by atoms with Crippen LogP contribution in [0.25, 0.3) is 11.1 Å². The Balaban J connectivity index is 2.40. The fourth-order valence-corrected chi connectivity index (χ4v) is 1.76. The fraction of sp³-hybridized carbons (Fsp3) is 0.286. The van der Waals surface area contributed by atoms with Crippen LogP contribution in [0.4, 0.5) is 5.69 Å². The van der Waals surface area contributed by atoms with E-state index in [0.717, 1.165) is 12.0 Å². The molecule has 0 fully saturated rings. The fourth-order valence-electron chi connectivity index (χ4n) is 1.76. The zero-order valence-electron chi connectivity index (χ0n) is 9.99. The van der Waals surface area contributed by atoms with E-state index in [-0.39, 0.29) is 11.5 Å². The van der Waals surface area contributed by atoms with E-state index < -0.39 is 5.43 Å². The summed E-state index contributed by atoms with van der Waals surface area (Å²) in [5.41, 5.74) is 1.01. The Morgan fingerprint density at radius 3 is 2.35 bits per heavy atom. The Morgan fingerprint density at radius 2 is 1.76 bits per heavy atom. The minimum Gasteiger partial charge on any atom is -0.379 e. The number of nitrogens with one attached hydrogen (secondary N) is 1. The molecule has 0 aliphatic rings. The minimum atomic E-state index is -0.399. The molecule has 17 heavy (non-hydrogen) atoms. The molecule has 0 heterocycles. The summed E-state index contributed by atoms with van der Waals surface area (Å²) >= 11 is 0. The molecule has 3 heteroatoms. The van der Waals surface area contributed by atoms with E-state index in [1.807, 2.05) is 44.2 Å². The first-order valence-corrected chi connectivity index (χ1v) is 5.80. The van der Waals surface area contributed by atoms with Crippen molar-refractivity contribution >= 4 is 5.69 Å². The maximum atomic E-state index is 11.6. The van der Waals surface area contributed by atoms with Crippen LogP contribution in [0.2, 0.25) is 0 Å². The van der Waals surface area contributed by atoms with Crippen molar-refractivity contribution in [3.63, 3.8) is 0 Å². The Labute approximate surface area is 99.8 Å². The molecule has 1 atom stereocenters. The molecule has 0 radical (unpaired) electrons. The van der Waals surface area contributed by atoms with E-state index in [9.17, 15) is 9.59 Å². The molecule has 0 unspecified atom stereocenters. The molecule has 2 rings (SSSR count). The van der Waals surface area contributed by atoms with Gasteiger partial charge in [0, 0.05) is 6.04 Å². The smallest absolute Gasteiger partial charge is 0.250 e. The second kappa shape index (κ2) is 4.53. The van der Waals surface area contributed by atoms with Gasteiger partial charge in [-0.25, -0.2) is 0 Å². The lowest BCUT2D eigenvalue weighted by atomic mass is 9.98. The second-order valence-corrected chi connectivity index (χ2v) is 4.23. The van der Waals surface area contributed by atoms with Gasteiger partial charge < -0.3 is 5.32 Å². The lowest BCUT2D eigenvalue weighted by Gasteiger charge is -2.17. The highest BCUT2D eigenvalue weighted by Gasteiger charge is 2.22. The zero-order valence-corrected chi connectivity index (χ0v) is 9.99. The van der Waals surface area contributed by atoms with Gasteiger partial charge in [-0.2, -0.15) is 0 Å². The normalized spacial score (nSPS) is 12.6. The molecule has 2 aromatic rings. The maximum absolute atomic E-state index is 11.6. The van der Waals surface area contributed by atoms with Crippen LogP contribution in [0, 0.1) is 0 Å². The molecule has 1 N–H and O–H groups in total. The molecule has 0 saturated carbocycles. The lowest BCUT2D eigenvalue weighted by Crippen LogP contribution is -2.38. The average Bonchev–Trinajstić information content (AvgIpc) is 2.38. The van der Waals surface area contributed by atoms with Crippen molar-refractivity contribution in [1.29, 1.82) is 0 Å². The first-order valence-electron chi connectivity index (χ1n) is 5.80. The molecule has 0 aliphatic carbocycles. The summed E-state index contributed by atoms with van der Waals surface area (Å²) in [7, 11) is 0. The topological polar surface area (TPSA) is 46.2 Å². The molecule has 3 nitrogen and oxygen atoms in total. The summed E-state index contributed by atoms with van der Waals surface area (Å²) in [6, 6.07) is 9.49. The summed E-state index contributed by atoms with van der Waals surface area (Å²) in [5, 5.41) is 3.10. The quantitative estimate of drug-likeness (QED) is 0.817. The highest BCUT2D eigenvalue weighted by Crippen LogP contribution is 2.23. The van der Waals surface area contributed by atoms with Crippen LogP contribution in [0.5, 0.6) is 0 Å². The third-order valence-electron chi connectivity index (χ3n) is 2.98. The highest BCUT2D eigenvalue weighted by atomic mass is 16.2. The van der Waals surface area contributed by atoms with E-state index in [4.69, 9.17) is 0 Å². The molecule has 88 valence electrons. The van der Waals surface area contributed by atoms with Gasteiger partial charge in [0.05, 0.1) is 11.3 Å².